The van der Waals surface area contributed by atoms with Gasteiger partial charge in [-0.05, 0) is 42.8 Å². The lowest BCUT2D eigenvalue weighted by molar-refractivity contribution is 0.395. The summed E-state index contributed by atoms with van der Waals surface area (Å²) in [5.41, 5.74) is 3.66. The fourth-order valence-corrected chi connectivity index (χ4v) is 4.10. The third kappa shape index (κ3) is 4.04. The molecule has 0 aliphatic rings. The SMILES string of the molecule is COc1ccc(N(C)c2nnc(C)c3cc(-c4cc(Cl)c(C#N)cc4OC)ccc23)c(OC)c1. The van der Waals surface area contributed by atoms with E-state index in [1.807, 2.05) is 55.3 Å². The Morgan fingerprint density at radius 3 is 2.32 bits per heavy atom. The number of halogens is 1. The zero-order valence-electron chi connectivity index (χ0n) is 19.5. The van der Waals surface area contributed by atoms with Crippen LogP contribution >= 0.6 is 11.6 Å². The van der Waals surface area contributed by atoms with Crippen molar-refractivity contribution in [2.75, 3.05) is 33.3 Å². The van der Waals surface area contributed by atoms with E-state index < -0.39 is 0 Å². The summed E-state index contributed by atoms with van der Waals surface area (Å²) >= 11 is 6.31. The molecule has 0 radical (unpaired) electrons. The van der Waals surface area contributed by atoms with E-state index in [4.69, 9.17) is 25.8 Å². The number of rotatable bonds is 6. The number of ether oxygens (including phenoxy) is 3. The number of methoxy groups -OCH3 is 3. The van der Waals surface area contributed by atoms with Gasteiger partial charge >= 0.3 is 0 Å². The molecular weight excluding hydrogens is 452 g/mol. The Labute approximate surface area is 203 Å². The Bertz CT molecular complexity index is 1430. The zero-order valence-corrected chi connectivity index (χ0v) is 20.3. The molecule has 0 N–H and O–H groups in total. The lowest BCUT2D eigenvalue weighted by Crippen LogP contribution is -2.14. The van der Waals surface area contributed by atoms with Gasteiger partial charge in [0.25, 0.3) is 0 Å². The van der Waals surface area contributed by atoms with Crippen LogP contribution in [0.1, 0.15) is 11.3 Å². The monoisotopic (exact) mass is 474 g/mol. The minimum Gasteiger partial charge on any atom is -0.497 e. The van der Waals surface area contributed by atoms with Gasteiger partial charge in [0, 0.05) is 35.5 Å². The highest BCUT2D eigenvalue weighted by atomic mass is 35.5. The van der Waals surface area contributed by atoms with Crippen molar-refractivity contribution in [2.45, 2.75) is 6.92 Å². The Morgan fingerprint density at radius 2 is 1.65 bits per heavy atom. The number of anilines is 2. The Hall–Kier alpha value is -4.02. The molecular formula is C26H23ClN4O3. The quantitative estimate of drug-likeness (QED) is 0.343. The van der Waals surface area contributed by atoms with Gasteiger partial charge in [-0.15, -0.1) is 5.10 Å². The minimum atomic E-state index is 0.363. The van der Waals surface area contributed by atoms with Crippen molar-refractivity contribution < 1.29 is 14.2 Å². The van der Waals surface area contributed by atoms with E-state index in [1.165, 1.54) is 0 Å². The fourth-order valence-electron chi connectivity index (χ4n) is 3.89. The molecule has 3 aromatic carbocycles. The molecule has 7 nitrogen and oxygen atoms in total. The van der Waals surface area contributed by atoms with Crippen LogP contribution < -0.4 is 19.1 Å². The van der Waals surface area contributed by atoms with Gasteiger partial charge in [0.05, 0.1) is 43.3 Å². The van der Waals surface area contributed by atoms with E-state index in [1.54, 1.807) is 33.5 Å². The standard InChI is InChI=1S/C26H23ClN4O3/c1-15-20-10-16(21-13-22(27)17(14-28)11-24(21)33-4)6-8-19(20)26(30-29-15)31(2)23-9-7-18(32-3)12-25(23)34-5/h6-13H,1-5H3. The fraction of sp³-hybridized carbons (Fsp3) is 0.192. The van der Waals surface area contributed by atoms with Gasteiger partial charge < -0.3 is 19.1 Å². The second-order valence-electron chi connectivity index (χ2n) is 7.61. The number of benzene rings is 3. The first kappa shape index (κ1) is 23.1. The lowest BCUT2D eigenvalue weighted by atomic mass is 9.99. The first-order valence-corrected chi connectivity index (χ1v) is 10.8. The second kappa shape index (κ2) is 9.46. The third-order valence-corrected chi connectivity index (χ3v) is 6.04. The molecule has 172 valence electrons. The molecule has 34 heavy (non-hydrogen) atoms. The normalized spacial score (nSPS) is 10.6. The van der Waals surface area contributed by atoms with Crippen LogP contribution in [0.3, 0.4) is 0 Å². The average molecular weight is 475 g/mol. The van der Waals surface area contributed by atoms with Gasteiger partial charge in [-0.3, -0.25) is 0 Å². The molecule has 0 aliphatic carbocycles. The summed E-state index contributed by atoms with van der Waals surface area (Å²) < 4.78 is 16.4. The van der Waals surface area contributed by atoms with Crippen LogP contribution in [0, 0.1) is 18.3 Å². The summed E-state index contributed by atoms with van der Waals surface area (Å²) in [6, 6.07) is 17.1. The number of aryl methyl sites for hydroxylation is 1. The van der Waals surface area contributed by atoms with Crippen LogP contribution in [0.15, 0.2) is 48.5 Å². The molecule has 4 rings (SSSR count). The average Bonchev–Trinajstić information content (AvgIpc) is 2.87. The molecule has 0 fully saturated rings. The Morgan fingerprint density at radius 1 is 0.882 bits per heavy atom. The van der Waals surface area contributed by atoms with Gasteiger partial charge in [0.15, 0.2) is 5.82 Å². The maximum atomic E-state index is 9.29. The van der Waals surface area contributed by atoms with Crippen molar-refractivity contribution >= 4 is 33.9 Å². The molecule has 0 unspecified atom stereocenters. The summed E-state index contributed by atoms with van der Waals surface area (Å²) in [7, 11) is 6.72. The van der Waals surface area contributed by atoms with Gasteiger partial charge in [-0.2, -0.15) is 10.4 Å². The number of hydrogen-bond acceptors (Lipinski definition) is 7. The lowest BCUT2D eigenvalue weighted by Gasteiger charge is -2.23. The molecule has 1 heterocycles. The predicted octanol–water partition coefficient (Wildman–Crippen LogP) is 5.92. The van der Waals surface area contributed by atoms with Crippen molar-refractivity contribution in [3.05, 3.63) is 64.8 Å². The van der Waals surface area contributed by atoms with Gasteiger partial charge in [-0.1, -0.05) is 17.7 Å². The number of fused-ring (bicyclic) bond motifs is 1. The maximum absolute atomic E-state index is 9.29. The van der Waals surface area contributed by atoms with E-state index >= 15 is 0 Å². The van der Waals surface area contributed by atoms with E-state index in [0.29, 0.717) is 33.7 Å². The predicted molar refractivity (Wildman–Crippen MR) is 134 cm³/mol. The molecule has 0 aliphatic heterocycles. The molecule has 4 aromatic rings. The van der Waals surface area contributed by atoms with Gasteiger partial charge in [0.1, 0.15) is 23.3 Å². The van der Waals surface area contributed by atoms with Crippen LogP contribution in [-0.2, 0) is 0 Å². The number of nitriles is 1. The highest BCUT2D eigenvalue weighted by molar-refractivity contribution is 6.32. The number of hydrogen-bond donors (Lipinski definition) is 0. The summed E-state index contributed by atoms with van der Waals surface area (Å²) in [6.07, 6.45) is 0. The molecule has 0 atom stereocenters. The van der Waals surface area contributed by atoms with Crippen LogP contribution in [0.2, 0.25) is 5.02 Å². The molecule has 0 saturated heterocycles. The van der Waals surface area contributed by atoms with Crippen molar-refractivity contribution in [3.8, 4) is 34.4 Å². The Balaban J connectivity index is 1.86. The van der Waals surface area contributed by atoms with Crippen molar-refractivity contribution in [2.24, 2.45) is 0 Å². The van der Waals surface area contributed by atoms with Crippen molar-refractivity contribution in [1.82, 2.24) is 10.2 Å². The molecule has 0 spiro atoms. The Kier molecular flexibility index (Phi) is 6.44. The van der Waals surface area contributed by atoms with E-state index in [2.05, 4.69) is 16.3 Å². The number of aromatic nitrogens is 2. The van der Waals surface area contributed by atoms with Gasteiger partial charge in [0.2, 0.25) is 0 Å². The smallest absolute Gasteiger partial charge is 0.163 e. The highest BCUT2D eigenvalue weighted by Crippen LogP contribution is 2.40. The van der Waals surface area contributed by atoms with Crippen LogP contribution in [0.5, 0.6) is 17.2 Å². The topological polar surface area (TPSA) is 80.5 Å². The van der Waals surface area contributed by atoms with Crippen LogP contribution in [0.4, 0.5) is 11.5 Å². The molecule has 0 saturated carbocycles. The summed E-state index contributed by atoms with van der Waals surface area (Å²) in [4.78, 5) is 1.94. The van der Waals surface area contributed by atoms with E-state index in [9.17, 15) is 5.26 Å². The minimum absolute atomic E-state index is 0.363. The molecule has 0 bridgehead atoms. The summed E-state index contributed by atoms with van der Waals surface area (Å²) in [5.74, 6) is 2.61. The largest absolute Gasteiger partial charge is 0.497 e. The number of nitrogens with zero attached hydrogens (tertiary/aromatic N) is 4. The highest BCUT2D eigenvalue weighted by Gasteiger charge is 2.18. The molecule has 1 aromatic heterocycles. The van der Waals surface area contributed by atoms with E-state index in [0.717, 1.165) is 33.3 Å². The summed E-state index contributed by atoms with van der Waals surface area (Å²) in [5, 5.41) is 20.4. The maximum Gasteiger partial charge on any atom is 0.163 e. The van der Waals surface area contributed by atoms with Crippen LogP contribution in [-0.4, -0.2) is 38.6 Å². The summed E-state index contributed by atoms with van der Waals surface area (Å²) in [6.45, 7) is 1.92. The zero-order chi connectivity index (χ0) is 24.4. The van der Waals surface area contributed by atoms with Gasteiger partial charge in [-0.25, -0.2) is 0 Å². The molecule has 0 amide bonds. The van der Waals surface area contributed by atoms with Crippen molar-refractivity contribution in [3.63, 3.8) is 0 Å². The molecule has 8 heteroatoms. The van der Waals surface area contributed by atoms with Crippen molar-refractivity contribution in [1.29, 1.82) is 5.26 Å². The van der Waals surface area contributed by atoms with E-state index in [-0.39, 0.29) is 0 Å². The third-order valence-electron chi connectivity index (χ3n) is 5.73. The second-order valence-corrected chi connectivity index (χ2v) is 8.02. The first-order chi connectivity index (χ1) is 16.4. The first-order valence-electron chi connectivity index (χ1n) is 10.4. The van der Waals surface area contributed by atoms with Crippen LogP contribution in [0.25, 0.3) is 21.9 Å².